The highest BCUT2D eigenvalue weighted by Crippen LogP contribution is 2.32. The summed E-state index contributed by atoms with van der Waals surface area (Å²) >= 11 is 1.95. The van der Waals surface area contributed by atoms with Gasteiger partial charge < -0.3 is 4.98 Å². The maximum Gasteiger partial charge on any atom is 0.253 e. The van der Waals surface area contributed by atoms with Crippen molar-refractivity contribution < 1.29 is 0 Å². The molecular weight excluding hydrogens is 384 g/mol. The Labute approximate surface area is 174 Å². The molecule has 1 saturated heterocycles. The van der Waals surface area contributed by atoms with Gasteiger partial charge in [0.15, 0.2) is 5.82 Å². The third-order valence-corrected chi connectivity index (χ3v) is 6.85. The Morgan fingerprint density at radius 2 is 2.00 bits per heavy atom. The highest BCUT2D eigenvalue weighted by atomic mass is 32.2. The highest BCUT2D eigenvalue weighted by molar-refractivity contribution is 7.99. The number of aromatic nitrogens is 5. The van der Waals surface area contributed by atoms with Crippen LogP contribution < -0.4 is 5.56 Å². The first kappa shape index (κ1) is 20.1. The van der Waals surface area contributed by atoms with Crippen LogP contribution >= 0.6 is 11.8 Å². The number of thioether (sulfide) groups is 1. The van der Waals surface area contributed by atoms with Gasteiger partial charge in [0.25, 0.3) is 5.56 Å². The molecule has 1 aliphatic rings. The lowest BCUT2D eigenvalue weighted by atomic mass is 9.99. The van der Waals surface area contributed by atoms with Gasteiger partial charge in [0.2, 0.25) is 0 Å². The first-order valence-electron chi connectivity index (χ1n) is 10.1. The minimum Gasteiger partial charge on any atom is -0.322 e. The average Bonchev–Trinajstić information content (AvgIpc) is 3.20. The molecule has 1 N–H and O–H groups in total. The van der Waals surface area contributed by atoms with Crippen LogP contribution in [-0.4, -0.2) is 54.7 Å². The van der Waals surface area contributed by atoms with Gasteiger partial charge in [-0.3, -0.25) is 9.69 Å². The van der Waals surface area contributed by atoms with E-state index in [-0.39, 0.29) is 17.1 Å². The zero-order valence-corrected chi connectivity index (χ0v) is 18.3. The largest absolute Gasteiger partial charge is 0.322 e. The number of fused-ring (bicyclic) bond motifs is 1. The van der Waals surface area contributed by atoms with Gasteiger partial charge in [0.1, 0.15) is 6.04 Å². The molecule has 1 aromatic carbocycles. The van der Waals surface area contributed by atoms with Crippen molar-refractivity contribution in [1.29, 1.82) is 0 Å². The quantitative estimate of drug-likeness (QED) is 0.694. The topological polar surface area (TPSA) is 79.7 Å². The Morgan fingerprint density at radius 3 is 2.72 bits per heavy atom. The summed E-state index contributed by atoms with van der Waals surface area (Å²) in [7, 11) is 0. The maximum atomic E-state index is 13.2. The molecule has 0 amide bonds. The van der Waals surface area contributed by atoms with Crippen molar-refractivity contribution in [3.8, 4) is 0 Å². The van der Waals surface area contributed by atoms with Crippen molar-refractivity contribution in [2.75, 3.05) is 24.6 Å². The first-order valence-corrected chi connectivity index (χ1v) is 11.3. The van der Waals surface area contributed by atoms with Crippen molar-refractivity contribution in [3.05, 3.63) is 51.6 Å². The molecule has 8 heteroatoms. The van der Waals surface area contributed by atoms with Crippen molar-refractivity contribution in [1.82, 2.24) is 30.1 Å². The van der Waals surface area contributed by atoms with Gasteiger partial charge in [-0.05, 0) is 61.2 Å². The predicted octanol–water partition coefficient (Wildman–Crippen LogP) is 3.11. The van der Waals surface area contributed by atoms with Gasteiger partial charge in [-0.2, -0.15) is 11.8 Å². The summed E-state index contributed by atoms with van der Waals surface area (Å²) in [5.41, 5.74) is 2.41. The lowest BCUT2D eigenvalue weighted by molar-refractivity contribution is 0.211. The number of hydrogen-bond donors (Lipinski definition) is 1. The monoisotopic (exact) mass is 412 g/mol. The minimum atomic E-state index is -0.273. The third kappa shape index (κ3) is 3.83. The summed E-state index contributed by atoms with van der Waals surface area (Å²) in [6.07, 6.45) is 0.890. The van der Waals surface area contributed by atoms with Crippen LogP contribution in [0.3, 0.4) is 0 Å². The lowest BCUT2D eigenvalue weighted by Gasteiger charge is -2.35. The van der Waals surface area contributed by atoms with E-state index in [4.69, 9.17) is 0 Å². The van der Waals surface area contributed by atoms with E-state index in [1.54, 1.807) is 0 Å². The number of H-pyrrole nitrogens is 1. The van der Waals surface area contributed by atoms with E-state index < -0.39 is 0 Å². The van der Waals surface area contributed by atoms with Gasteiger partial charge >= 0.3 is 0 Å². The van der Waals surface area contributed by atoms with E-state index in [0.717, 1.165) is 47.7 Å². The van der Waals surface area contributed by atoms with E-state index in [1.807, 2.05) is 34.6 Å². The van der Waals surface area contributed by atoms with E-state index in [1.165, 1.54) is 5.56 Å². The van der Waals surface area contributed by atoms with E-state index in [9.17, 15) is 4.79 Å². The second-order valence-corrected chi connectivity index (χ2v) is 9.54. The molecular formula is C21H28N6OS. The fraction of sp³-hybridized carbons (Fsp3) is 0.524. The molecule has 0 saturated carbocycles. The summed E-state index contributed by atoms with van der Waals surface area (Å²) in [6.45, 7) is 10.3. The number of rotatable bonds is 5. The van der Waals surface area contributed by atoms with Crippen LogP contribution in [0.15, 0.2) is 29.1 Å². The molecule has 1 unspecified atom stereocenters. The van der Waals surface area contributed by atoms with Crippen molar-refractivity contribution in [2.24, 2.45) is 0 Å². The molecule has 0 radical (unpaired) electrons. The Hall–Kier alpha value is -2.19. The van der Waals surface area contributed by atoms with Crippen LogP contribution in [0, 0.1) is 6.92 Å². The Kier molecular flexibility index (Phi) is 5.48. The number of pyridine rings is 1. The zero-order chi connectivity index (χ0) is 20.6. The fourth-order valence-electron chi connectivity index (χ4n) is 3.83. The number of aryl methyl sites for hydroxylation is 1. The highest BCUT2D eigenvalue weighted by Gasteiger charge is 2.34. The molecule has 3 heterocycles. The molecule has 1 atom stereocenters. The van der Waals surface area contributed by atoms with E-state index in [0.29, 0.717) is 5.56 Å². The van der Waals surface area contributed by atoms with Gasteiger partial charge in [0.05, 0.1) is 5.54 Å². The maximum absolute atomic E-state index is 13.2. The van der Waals surface area contributed by atoms with Crippen LogP contribution in [0.25, 0.3) is 10.9 Å². The first-order chi connectivity index (χ1) is 13.9. The third-order valence-electron chi connectivity index (χ3n) is 5.91. The summed E-state index contributed by atoms with van der Waals surface area (Å²) in [6, 6.07) is 7.83. The molecule has 0 spiro atoms. The number of nitrogens with zero attached hydrogens (tertiary/aromatic N) is 5. The molecule has 154 valence electrons. The average molecular weight is 413 g/mol. The van der Waals surface area contributed by atoms with Crippen LogP contribution in [0.4, 0.5) is 0 Å². The van der Waals surface area contributed by atoms with E-state index in [2.05, 4.69) is 59.2 Å². The predicted molar refractivity (Wildman–Crippen MR) is 117 cm³/mol. The van der Waals surface area contributed by atoms with Crippen molar-refractivity contribution >= 4 is 22.7 Å². The normalized spacial score (nSPS) is 17.0. The summed E-state index contributed by atoms with van der Waals surface area (Å²) < 4.78 is 1.90. The Morgan fingerprint density at radius 1 is 1.24 bits per heavy atom. The Bertz CT molecular complexity index is 1070. The van der Waals surface area contributed by atoms with Crippen molar-refractivity contribution in [2.45, 2.75) is 45.7 Å². The number of benzene rings is 1. The summed E-state index contributed by atoms with van der Waals surface area (Å²) in [4.78, 5) is 18.6. The molecule has 0 bridgehead atoms. The molecule has 29 heavy (non-hydrogen) atoms. The summed E-state index contributed by atoms with van der Waals surface area (Å²) in [5.74, 6) is 2.82. The number of hydrogen-bond acceptors (Lipinski definition) is 6. The number of aromatic amines is 1. The van der Waals surface area contributed by atoms with Crippen LogP contribution in [0.5, 0.6) is 0 Å². The number of nitrogens with one attached hydrogen (secondary N) is 1. The molecule has 4 rings (SSSR count). The minimum absolute atomic E-state index is 0.0755. The van der Waals surface area contributed by atoms with Crippen LogP contribution in [0.1, 0.15) is 50.2 Å². The smallest absolute Gasteiger partial charge is 0.253 e. The second-order valence-electron chi connectivity index (χ2n) is 8.31. The molecule has 1 aliphatic heterocycles. The fourth-order valence-corrected chi connectivity index (χ4v) is 4.76. The standard InChI is InChI=1S/C21H28N6OS/c1-5-21(3,4)27-19(23-24-25-27)18(26-8-10-29-11-9-26)16-13-15-12-14(2)6-7-17(15)22-20(16)28/h6-7,12-13,18H,5,8-11H2,1-4H3,(H,22,28). The van der Waals surface area contributed by atoms with Crippen LogP contribution in [-0.2, 0) is 5.54 Å². The summed E-state index contributed by atoms with van der Waals surface area (Å²) in [5, 5.41) is 13.8. The SMILES string of the molecule is CCC(C)(C)n1nnnc1C(c1cc2cc(C)ccc2[nH]c1=O)N1CCSCC1. The molecule has 7 nitrogen and oxygen atoms in total. The lowest BCUT2D eigenvalue weighted by Crippen LogP contribution is -2.42. The van der Waals surface area contributed by atoms with Gasteiger partial charge in [-0.1, -0.05) is 18.6 Å². The zero-order valence-electron chi connectivity index (χ0n) is 17.5. The van der Waals surface area contributed by atoms with Crippen LogP contribution in [0.2, 0.25) is 0 Å². The van der Waals surface area contributed by atoms with E-state index >= 15 is 0 Å². The van der Waals surface area contributed by atoms with Gasteiger partial charge in [0, 0.05) is 35.7 Å². The van der Waals surface area contributed by atoms with Gasteiger partial charge in [-0.15, -0.1) is 5.10 Å². The molecule has 0 aliphatic carbocycles. The molecule has 2 aromatic heterocycles. The van der Waals surface area contributed by atoms with Crippen molar-refractivity contribution in [3.63, 3.8) is 0 Å². The van der Waals surface area contributed by atoms with Gasteiger partial charge in [-0.25, -0.2) is 4.68 Å². The Balaban J connectivity index is 1.91. The second kappa shape index (κ2) is 7.91. The molecule has 3 aromatic rings. The molecule has 1 fully saturated rings. The number of tetrazole rings is 1.